The third kappa shape index (κ3) is 4.32. The first-order valence-corrected chi connectivity index (χ1v) is 9.78. The Morgan fingerprint density at radius 2 is 1.93 bits per heavy atom. The van der Waals surface area contributed by atoms with E-state index in [1.807, 2.05) is 18.3 Å². The van der Waals surface area contributed by atoms with Crippen LogP contribution in [0.3, 0.4) is 0 Å². The first kappa shape index (κ1) is 20.0. The van der Waals surface area contributed by atoms with E-state index < -0.39 is 0 Å². The highest BCUT2D eigenvalue weighted by Gasteiger charge is 2.13. The number of halogens is 2. The Bertz CT molecular complexity index is 1200. The molecule has 0 saturated carbocycles. The van der Waals surface area contributed by atoms with Crippen molar-refractivity contribution in [2.24, 2.45) is 0 Å². The van der Waals surface area contributed by atoms with Crippen LogP contribution in [0.15, 0.2) is 55.0 Å². The van der Waals surface area contributed by atoms with Crippen molar-refractivity contribution in [3.05, 3.63) is 81.9 Å². The van der Waals surface area contributed by atoms with E-state index in [0.29, 0.717) is 21.2 Å². The van der Waals surface area contributed by atoms with Crippen molar-refractivity contribution >= 4 is 45.8 Å². The molecule has 0 fully saturated rings. The second-order valence-electron chi connectivity index (χ2n) is 6.52. The molecule has 0 aliphatic heterocycles. The summed E-state index contributed by atoms with van der Waals surface area (Å²) >= 11 is 12.3. The number of hydrogen-bond acceptors (Lipinski definition) is 5. The predicted molar refractivity (Wildman–Crippen MR) is 117 cm³/mol. The molecule has 0 spiro atoms. The van der Waals surface area contributed by atoms with Crippen molar-refractivity contribution in [1.29, 1.82) is 0 Å². The minimum absolute atomic E-state index is 0.0933. The quantitative estimate of drug-likeness (QED) is 0.412. The van der Waals surface area contributed by atoms with E-state index >= 15 is 0 Å². The van der Waals surface area contributed by atoms with Crippen LogP contribution in [0.5, 0.6) is 5.75 Å². The fraction of sp³-hybridized carbons (Fsp3) is 0.0952. The Morgan fingerprint density at radius 3 is 2.73 bits per heavy atom. The molecule has 152 valence electrons. The maximum atomic E-state index is 12.6. The molecular formula is C21H17Cl2N5O2. The van der Waals surface area contributed by atoms with Crippen molar-refractivity contribution in [2.75, 3.05) is 5.73 Å². The van der Waals surface area contributed by atoms with Gasteiger partial charge in [0.1, 0.15) is 6.61 Å². The topological polar surface area (TPSA) is 106 Å². The number of pyridine rings is 2. The van der Waals surface area contributed by atoms with Crippen LogP contribution in [0.1, 0.15) is 21.6 Å². The largest absolute Gasteiger partial charge is 0.485 e. The van der Waals surface area contributed by atoms with Gasteiger partial charge < -0.3 is 20.8 Å². The highest BCUT2D eigenvalue weighted by molar-refractivity contribution is 6.35. The van der Waals surface area contributed by atoms with Crippen LogP contribution in [0.25, 0.3) is 10.9 Å². The summed E-state index contributed by atoms with van der Waals surface area (Å²) < 4.78 is 5.73. The van der Waals surface area contributed by atoms with Gasteiger partial charge in [-0.3, -0.25) is 9.78 Å². The molecule has 7 nitrogen and oxygen atoms in total. The van der Waals surface area contributed by atoms with Gasteiger partial charge in [0.15, 0.2) is 11.6 Å². The third-order valence-electron chi connectivity index (χ3n) is 4.50. The third-order valence-corrected chi connectivity index (χ3v) is 5.21. The standard InChI is InChI=1S/C21H17Cl2N5O2/c22-16-2-1-3-17(23)15(16)11-30-19-7-13(8-27-20(19)24)21(29)28-9-14-6-12-4-5-25-18(12)10-26-14/h1-8,10,25H,9,11H2,(H2,24,27)(H,28,29). The summed E-state index contributed by atoms with van der Waals surface area (Å²) in [5.74, 6) is 0.110. The number of aromatic nitrogens is 3. The Labute approximate surface area is 182 Å². The van der Waals surface area contributed by atoms with E-state index in [9.17, 15) is 4.79 Å². The zero-order valence-electron chi connectivity index (χ0n) is 15.7. The van der Waals surface area contributed by atoms with Gasteiger partial charge in [0.2, 0.25) is 0 Å². The molecule has 4 N–H and O–H groups in total. The van der Waals surface area contributed by atoms with Crippen LogP contribution < -0.4 is 15.8 Å². The van der Waals surface area contributed by atoms with E-state index in [4.69, 9.17) is 33.7 Å². The highest BCUT2D eigenvalue weighted by atomic mass is 35.5. The summed E-state index contributed by atoms with van der Waals surface area (Å²) in [5.41, 5.74) is 8.51. The normalized spacial score (nSPS) is 10.9. The van der Waals surface area contributed by atoms with Gasteiger partial charge in [-0.25, -0.2) is 4.98 Å². The maximum Gasteiger partial charge on any atom is 0.253 e. The summed E-state index contributed by atoms with van der Waals surface area (Å²) in [6.07, 6.45) is 4.96. The van der Waals surface area contributed by atoms with Crippen LogP contribution in [-0.2, 0) is 13.2 Å². The molecule has 0 bridgehead atoms. The second kappa shape index (κ2) is 8.61. The Kier molecular flexibility index (Phi) is 5.74. The maximum absolute atomic E-state index is 12.6. The summed E-state index contributed by atoms with van der Waals surface area (Å²) in [5, 5.41) is 4.81. The molecule has 3 aromatic heterocycles. The molecule has 30 heavy (non-hydrogen) atoms. The lowest BCUT2D eigenvalue weighted by atomic mass is 10.2. The smallest absolute Gasteiger partial charge is 0.253 e. The molecule has 3 heterocycles. The molecular weight excluding hydrogens is 425 g/mol. The van der Waals surface area contributed by atoms with Gasteiger partial charge in [-0.15, -0.1) is 0 Å². The van der Waals surface area contributed by atoms with E-state index in [-0.39, 0.29) is 30.6 Å². The first-order chi connectivity index (χ1) is 14.5. The second-order valence-corrected chi connectivity index (χ2v) is 7.33. The lowest BCUT2D eigenvalue weighted by Gasteiger charge is -2.12. The van der Waals surface area contributed by atoms with Crippen LogP contribution in [-0.4, -0.2) is 20.9 Å². The van der Waals surface area contributed by atoms with Crippen LogP contribution >= 0.6 is 23.2 Å². The van der Waals surface area contributed by atoms with E-state index in [0.717, 1.165) is 16.6 Å². The average molecular weight is 442 g/mol. The van der Waals surface area contributed by atoms with Gasteiger partial charge in [-0.05, 0) is 30.3 Å². The number of ether oxygens (including phenoxy) is 1. The SMILES string of the molecule is Nc1ncc(C(=O)NCc2cc3cc[nH]c3cn2)cc1OCc1c(Cl)cccc1Cl. The number of nitrogens with two attached hydrogens (primary N) is 1. The summed E-state index contributed by atoms with van der Waals surface area (Å²) in [7, 11) is 0. The van der Waals surface area contributed by atoms with Gasteiger partial charge in [0.05, 0.1) is 29.5 Å². The number of fused-ring (bicyclic) bond motifs is 1. The van der Waals surface area contributed by atoms with Crippen molar-refractivity contribution in [1.82, 2.24) is 20.3 Å². The van der Waals surface area contributed by atoms with Crippen molar-refractivity contribution in [2.45, 2.75) is 13.2 Å². The Morgan fingerprint density at radius 1 is 1.13 bits per heavy atom. The fourth-order valence-corrected chi connectivity index (χ4v) is 3.39. The molecule has 1 aromatic carbocycles. The number of nitrogens with one attached hydrogen (secondary N) is 2. The summed E-state index contributed by atoms with van der Waals surface area (Å²) in [4.78, 5) is 24.0. The molecule has 0 atom stereocenters. The number of carbonyl (C=O) groups excluding carboxylic acids is 1. The van der Waals surface area contributed by atoms with Crippen LogP contribution in [0.2, 0.25) is 10.0 Å². The Hall–Kier alpha value is -3.29. The van der Waals surface area contributed by atoms with Crippen LogP contribution in [0, 0.1) is 0 Å². The number of hydrogen-bond donors (Lipinski definition) is 3. The highest BCUT2D eigenvalue weighted by Crippen LogP contribution is 2.27. The minimum atomic E-state index is -0.320. The molecule has 0 radical (unpaired) electrons. The van der Waals surface area contributed by atoms with E-state index in [1.165, 1.54) is 12.3 Å². The molecule has 0 saturated heterocycles. The first-order valence-electron chi connectivity index (χ1n) is 9.02. The summed E-state index contributed by atoms with van der Waals surface area (Å²) in [6.45, 7) is 0.367. The van der Waals surface area contributed by atoms with Gasteiger partial charge in [-0.2, -0.15) is 0 Å². The van der Waals surface area contributed by atoms with Gasteiger partial charge in [0.25, 0.3) is 5.91 Å². The Balaban J connectivity index is 1.44. The molecule has 1 amide bonds. The van der Waals surface area contributed by atoms with Crippen LogP contribution in [0.4, 0.5) is 5.82 Å². The molecule has 4 aromatic rings. The number of nitrogens with zero attached hydrogens (tertiary/aromatic N) is 2. The lowest BCUT2D eigenvalue weighted by Crippen LogP contribution is -2.23. The molecule has 0 aliphatic carbocycles. The molecule has 4 rings (SSSR count). The van der Waals surface area contributed by atoms with E-state index in [1.54, 1.807) is 24.4 Å². The zero-order valence-corrected chi connectivity index (χ0v) is 17.2. The lowest BCUT2D eigenvalue weighted by molar-refractivity contribution is 0.0949. The van der Waals surface area contributed by atoms with E-state index in [2.05, 4.69) is 20.3 Å². The van der Waals surface area contributed by atoms with Crippen molar-refractivity contribution in [3.8, 4) is 5.75 Å². The number of carbonyl (C=O) groups is 1. The number of aromatic amines is 1. The fourth-order valence-electron chi connectivity index (χ4n) is 2.88. The number of nitrogen functional groups attached to an aromatic ring is 1. The van der Waals surface area contributed by atoms with Crippen molar-refractivity contribution < 1.29 is 9.53 Å². The number of benzene rings is 1. The monoisotopic (exact) mass is 441 g/mol. The molecule has 0 unspecified atom stereocenters. The number of rotatable bonds is 6. The number of H-pyrrole nitrogens is 1. The van der Waals surface area contributed by atoms with Gasteiger partial charge >= 0.3 is 0 Å². The predicted octanol–water partition coefficient (Wildman–Crippen LogP) is 4.36. The number of amides is 1. The van der Waals surface area contributed by atoms with Gasteiger partial charge in [0, 0.05) is 33.4 Å². The number of anilines is 1. The van der Waals surface area contributed by atoms with Gasteiger partial charge in [-0.1, -0.05) is 29.3 Å². The average Bonchev–Trinajstić information content (AvgIpc) is 3.20. The summed E-state index contributed by atoms with van der Waals surface area (Å²) in [6, 6.07) is 10.6. The molecule has 0 aliphatic rings. The molecule has 9 heteroatoms. The van der Waals surface area contributed by atoms with Crippen molar-refractivity contribution in [3.63, 3.8) is 0 Å². The minimum Gasteiger partial charge on any atom is -0.485 e. The zero-order chi connectivity index (χ0) is 21.1.